The molecule has 4 rings (SSSR count). The second-order valence-corrected chi connectivity index (χ2v) is 7.48. The van der Waals surface area contributed by atoms with E-state index in [1.165, 1.54) is 6.92 Å². The summed E-state index contributed by atoms with van der Waals surface area (Å²) in [6, 6.07) is 15.6. The number of carbonyl (C=O) groups excluding carboxylic acids is 2. The second-order valence-electron chi connectivity index (χ2n) is 7.48. The van der Waals surface area contributed by atoms with Gasteiger partial charge < -0.3 is 9.64 Å². The van der Waals surface area contributed by atoms with Crippen molar-refractivity contribution in [1.82, 2.24) is 9.80 Å². The van der Waals surface area contributed by atoms with Gasteiger partial charge in [0.25, 0.3) is 0 Å². The van der Waals surface area contributed by atoms with Gasteiger partial charge in [0, 0.05) is 38.7 Å². The Morgan fingerprint density at radius 1 is 0.893 bits per heavy atom. The molecule has 1 aliphatic rings. The molecule has 1 heterocycles. The van der Waals surface area contributed by atoms with Crippen LogP contribution >= 0.6 is 0 Å². The van der Waals surface area contributed by atoms with Gasteiger partial charge in [-0.2, -0.15) is 0 Å². The first-order chi connectivity index (χ1) is 13.5. The smallest absolute Gasteiger partial charge is 0.308 e. The molecule has 0 saturated carbocycles. The normalized spacial score (nSPS) is 15.8. The van der Waals surface area contributed by atoms with E-state index in [1.54, 1.807) is 6.07 Å². The molecule has 0 aromatic heterocycles. The number of nitrogens with zero attached hydrogens (tertiary/aromatic N) is 2. The van der Waals surface area contributed by atoms with E-state index >= 15 is 0 Å². The van der Waals surface area contributed by atoms with Crippen LogP contribution in [-0.2, 0) is 4.79 Å². The number of hydrogen-bond acceptors (Lipinski definition) is 5. The molecule has 28 heavy (non-hydrogen) atoms. The fourth-order valence-electron chi connectivity index (χ4n) is 3.73. The van der Waals surface area contributed by atoms with Gasteiger partial charge in [-0.05, 0) is 46.8 Å². The molecule has 3 aromatic rings. The molecule has 0 atom stereocenters. The minimum atomic E-state index is -0.345. The Kier molecular flexibility index (Phi) is 5.11. The van der Waals surface area contributed by atoms with Gasteiger partial charge in [-0.3, -0.25) is 14.5 Å². The average Bonchev–Trinajstić information content (AvgIpc) is 2.68. The molecule has 0 spiro atoms. The Labute approximate surface area is 164 Å². The number of carbonyl (C=O) groups is 2. The molecule has 0 amide bonds. The lowest BCUT2D eigenvalue weighted by molar-refractivity contribution is -0.131. The van der Waals surface area contributed by atoms with Crippen LogP contribution in [0.4, 0.5) is 0 Å². The molecule has 5 heteroatoms. The van der Waals surface area contributed by atoms with E-state index in [1.807, 2.05) is 36.4 Å². The molecule has 0 aliphatic carbocycles. The standard InChI is InChI=1S/C23H24N2O3/c1-16(26)28-20-8-7-18-4-3-17-5-6-19(13-21(17)22(18)14-20)23(27)15-25-11-9-24(2)10-12-25/h3-8,13-14H,9-12,15H2,1-2H3. The van der Waals surface area contributed by atoms with Crippen molar-refractivity contribution in [3.63, 3.8) is 0 Å². The molecule has 0 unspecified atom stereocenters. The van der Waals surface area contributed by atoms with Gasteiger partial charge in [0.1, 0.15) is 5.75 Å². The topological polar surface area (TPSA) is 49.9 Å². The molecule has 144 valence electrons. The Bertz CT molecular complexity index is 1050. The van der Waals surface area contributed by atoms with Crippen molar-refractivity contribution in [3.8, 4) is 5.75 Å². The Morgan fingerprint density at radius 3 is 2.18 bits per heavy atom. The third-order valence-electron chi connectivity index (χ3n) is 5.36. The minimum Gasteiger partial charge on any atom is -0.427 e. The lowest BCUT2D eigenvalue weighted by Gasteiger charge is -2.31. The monoisotopic (exact) mass is 376 g/mol. The maximum absolute atomic E-state index is 12.9. The van der Waals surface area contributed by atoms with E-state index in [4.69, 9.17) is 4.74 Å². The van der Waals surface area contributed by atoms with E-state index in [-0.39, 0.29) is 11.8 Å². The van der Waals surface area contributed by atoms with Crippen molar-refractivity contribution in [2.24, 2.45) is 0 Å². The maximum atomic E-state index is 12.9. The summed E-state index contributed by atoms with van der Waals surface area (Å²) in [5.41, 5.74) is 0.719. The van der Waals surface area contributed by atoms with Gasteiger partial charge in [0.2, 0.25) is 0 Å². The average molecular weight is 376 g/mol. The predicted molar refractivity (Wildman–Crippen MR) is 111 cm³/mol. The first-order valence-corrected chi connectivity index (χ1v) is 9.59. The van der Waals surface area contributed by atoms with Crippen LogP contribution in [-0.4, -0.2) is 61.3 Å². The lowest BCUT2D eigenvalue weighted by atomic mass is 9.98. The van der Waals surface area contributed by atoms with Crippen molar-refractivity contribution < 1.29 is 14.3 Å². The molecular weight excluding hydrogens is 352 g/mol. The summed E-state index contributed by atoms with van der Waals surface area (Å²) < 4.78 is 5.24. The van der Waals surface area contributed by atoms with Crippen molar-refractivity contribution in [2.75, 3.05) is 39.8 Å². The summed E-state index contributed by atoms with van der Waals surface area (Å²) in [6.45, 7) is 5.67. The van der Waals surface area contributed by atoms with Gasteiger partial charge in [0.15, 0.2) is 5.78 Å². The van der Waals surface area contributed by atoms with E-state index in [2.05, 4.69) is 22.9 Å². The number of piperazine rings is 1. The van der Waals surface area contributed by atoms with Crippen LogP contribution in [0, 0.1) is 0 Å². The van der Waals surface area contributed by atoms with Crippen LogP contribution in [0.2, 0.25) is 0 Å². The Balaban J connectivity index is 1.67. The summed E-state index contributed by atoms with van der Waals surface area (Å²) in [4.78, 5) is 28.7. The highest BCUT2D eigenvalue weighted by Crippen LogP contribution is 2.29. The fraction of sp³-hybridized carbons (Fsp3) is 0.304. The number of likely N-dealkylation sites (N-methyl/N-ethyl adjacent to an activating group) is 1. The number of ether oxygens (including phenoxy) is 1. The van der Waals surface area contributed by atoms with Crippen LogP contribution in [0.1, 0.15) is 17.3 Å². The third-order valence-corrected chi connectivity index (χ3v) is 5.36. The van der Waals surface area contributed by atoms with Crippen LogP contribution in [0.25, 0.3) is 21.5 Å². The van der Waals surface area contributed by atoms with Crippen LogP contribution < -0.4 is 4.74 Å². The van der Waals surface area contributed by atoms with E-state index in [9.17, 15) is 9.59 Å². The van der Waals surface area contributed by atoms with Crippen LogP contribution in [0.5, 0.6) is 5.75 Å². The first kappa shape index (κ1) is 18.6. The first-order valence-electron chi connectivity index (χ1n) is 9.59. The Hall–Kier alpha value is -2.76. The number of esters is 1. The SMILES string of the molecule is CC(=O)Oc1ccc2ccc3ccc(C(=O)CN4CCN(C)CC4)cc3c2c1. The number of benzene rings is 3. The zero-order chi connectivity index (χ0) is 19.7. The summed E-state index contributed by atoms with van der Waals surface area (Å²) in [5.74, 6) is 0.309. The predicted octanol–water partition coefficient (Wildman–Crippen LogP) is 3.35. The number of Topliss-reactive ketones (excluding diaryl/α,β-unsaturated/α-hetero) is 1. The highest BCUT2D eigenvalue weighted by atomic mass is 16.5. The summed E-state index contributed by atoms with van der Waals surface area (Å²) in [7, 11) is 2.11. The number of ketones is 1. The molecule has 0 N–H and O–H groups in total. The second kappa shape index (κ2) is 7.70. The third kappa shape index (κ3) is 3.91. The van der Waals surface area contributed by atoms with Gasteiger partial charge in [-0.15, -0.1) is 0 Å². The highest BCUT2D eigenvalue weighted by molar-refractivity contribution is 6.11. The summed E-state index contributed by atoms with van der Waals surface area (Å²) in [5, 5.41) is 4.08. The number of fused-ring (bicyclic) bond motifs is 3. The fourth-order valence-corrected chi connectivity index (χ4v) is 3.73. The molecule has 5 nitrogen and oxygen atoms in total. The minimum absolute atomic E-state index is 0.139. The molecule has 1 fully saturated rings. The van der Waals surface area contributed by atoms with Crippen molar-refractivity contribution in [1.29, 1.82) is 0 Å². The molecule has 0 bridgehead atoms. The maximum Gasteiger partial charge on any atom is 0.308 e. The largest absolute Gasteiger partial charge is 0.427 e. The quantitative estimate of drug-likeness (QED) is 0.302. The van der Waals surface area contributed by atoms with Crippen LogP contribution in [0.3, 0.4) is 0 Å². The number of hydrogen-bond donors (Lipinski definition) is 0. The van der Waals surface area contributed by atoms with Crippen molar-refractivity contribution in [3.05, 3.63) is 54.1 Å². The zero-order valence-electron chi connectivity index (χ0n) is 16.3. The van der Waals surface area contributed by atoms with Gasteiger partial charge >= 0.3 is 5.97 Å². The van der Waals surface area contributed by atoms with Gasteiger partial charge in [0.05, 0.1) is 6.54 Å². The number of rotatable bonds is 4. The zero-order valence-corrected chi connectivity index (χ0v) is 16.3. The molecule has 1 aliphatic heterocycles. The van der Waals surface area contributed by atoms with Crippen LogP contribution in [0.15, 0.2) is 48.5 Å². The highest BCUT2D eigenvalue weighted by Gasteiger charge is 2.18. The molecule has 3 aromatic carbocycles. The molecule has 1 saturated heterocycles. The lowest BCUT2D eigenvalue weighted by Crippen LogP contribution is -2.46. The van der Waals surface area contributed by atoms with Gasteiger partial charge in [-0.25, -0.2) is 0 Å². The summed E-state index contributed by atoms with van der Waals surface area (Å²) >= 11 is 0. The molecule has 0 radical (unpaired) electrons. The Morgan fingerprint density at radius 2 is 1.50 bits per heavy atom. The van der Waals surface area contributed by atoms with Crippen molar-refractivity contribution >= 4 is 33.3 Å². The summed E-state index contributed by atoms with van der Waals surface area (Å²) in [6.07, 6.45) is 0. The van der Waals surface area contributed by atoms with E-state index in [0.29, 0.717) is 12.3 Å². The van der Waals surface area contributed by atoms with E-state index in [0.717, 1.165) is 53.3 Å². The van der Waals surface area contributed by atoms with Crippen molar-refractivity contribution in [2.45, 2.75) is 6.92 Å². The molecular formula is C23H24N2O3. The van der Waals surface area contributed by atoms with Gasteiger partial charge in [-0.1, -0.05) is 30.3 Å². The van der Waals surface area contributed by atoms with E-state index < -0.39 is 0 Å².